The number of aliphatic hydroxyl groups is 1. The minimum absolute atomic E-state index is 0.0367. The molecule has 1 aliphatic rings. The Labute approximate surface area is 185 Å². The van der Waals surface area contributed by atoms with E-state index in [1.54, 1.807) is 0 Å². The normalized spacial score (nSPS) is 16.1. The summed E-state index contributed by atoms with van der Waals surface area (Å²) in [7, 11) is 0. The molecular formula is C25H23F3N2O2. The summed E-state index contributed by atoms with van der Waals surface area (Å²) >= 11 is 0. The number of nitrogens with one attached hydrogen (secondary N) is 1. The second kappa shape index (κ2) is 9.06. The van der Waals surface area contributed by atoms with Crippen LogP contribution in [0.25, 0.3) is 0 Å². The third-order valence-electron chi connectivity index (χ3n) is 5.58. The monoisotopic (exact) mass is 440 g/mol. The summed E-state index contributed by atoms with van der Waals surface area (Å²) < 4.78 is 39.8. The van der Waals surface area contributed by atoms with E-state index in [0.29, 0.717) is 12.5 Å². The van der Waals surface area contributed by atoms with Crippen molar-refractivity contribution in [3.8, 4) is 17.9 Å². The molecule has 0 aliphatic heterocycles. The first-order valence-electron chi connectivity index (χ1n) is 10.3. The van der Waals surface area contributed by atoms with E-state index in [-0.39, 0.29) is 12.1 Å². The molecule has 1 aliphatic carbocycles. The van der Waals surface area contributed by atoms with Gasteiger partial charge in [0, 0.05) is 18.5 Å². The van der Waals surface area contributed by atoms with Crippen molar-refractivity contribution in [1.29, 1.82) is 5.26 Å². The van der Waals surface area contributed by atoms with Gasteiger partial charge in [-0.1, -0.05) is 49.1 Å². The number of nitrogens with zero attached hydrogens (tertiary/aromatic N) is 1. The molecule has 0 bridgehead atoms. The first-order chi connectivity index (χ1) is 15.1. The number of nitriles is 1. The largest absolute Gasteiger partial charge is 0.417 e. The van der Waals surface area contributed by atoms with E-state index in [1.165, 1.54) is 12.1 Å². The van der Waals surface area contributed by atoms with Gasteiger partial charge in [-0.2, -0.15) is 18.4 Å². The molecular weight excluding hydrogens is 417 g/mol. The lowest BCUT2D eigenvalue weighted by Crippen LogP contribution is -2.44. The first-order valence-corrected chi connectivity index (χ1v) is 10.3. The van der Waals surface area contributed by atoms with E-state index in [9.17, 15) is 23.1 Å². The van der Waals surface area contributed by atoms with Crippen molar-refractivity contribution in [1.82, 2.24) is 0 Å². The van der Waals surface area contributed by atoms with Crippen LogP contribution in [0.3, 0.4) is 0 Å². The summed E-state index contributed by atoms with van der Waals surface area (Å²) in [5.74, 6) is 4.60. The zero-order chi connectivity index (χ0) is 23.4. The summed E-state index contributed by atoms with van der Waals surface area (Å²) in [6.07, 6.45) is -1.96. The highest BCUT2D eigenvalue weighted by molar-refractivity contribution is 6.00. The van der Waals surface area contributed by atoms with E-state index >= 15 is 0 Å². The number of carbonyl (C=O) groups excluding carboxylic acids is 1. The average molecular weight is 440 g/mol. The number of amides is 1. The molecule has 0 spiro atoms. The topological polar surface area (TPSA) is 73.1 Å². The maximum absolute atomic E-state index is 13.3. The van der Waals surface area contributed by atoms with E-state index in [1.807, 2.05) is 37.3 Å². The molecule has 0 radical (unpaired) electrons. The molecule has 1 amide bonds. The second-order valence-electron chi connectivity index (χ2n) is 8.06. The summed E-state index contributed by atoms with van der Waals surface area (Å²) in [5, 5.41) is 22.6. The Kier molecular flexibility index (Phi) is 6.62. The molecule has 4 nitrogen and oxygen atoms in total. The number of halogens is 3. The van der Waals surface area contributed by atoms with Crippen molar-refractivity contribution >= 4 is 11.6 Å². The molecule has 32 heavy (non-hydrogen) atoms. The van der Waals surface area contributed by atoms with Crippen LogP contribution in [0.4, 0.5) is 18.9 Å². The van der Waals surface area contributed by atoms with Crippen molar-refractivity contribution in [2.45, 2.75) is 56.2 Å². The minimum atomic E-state index is -4.76. The van der Waals surface area contributed by atoms with Gasteiger partial charge in [-0.05, 0) is 48.4 Å². The molecule has 166 valence electrons. The van der Waals surface area contributed by atoms with E-state index in [4.69, 9.17) is 5.26 Å². The van der Waals surface area contributed by atoms with Crippen LogP contribution in [-0.4, -0.2) is 16.6 Å². The van der Waals surface area contributed by atoms with Gasteiger partial charge >= 0.3 is 6.18 Å². The predicted octanol–water partition coefficient (Wildman–Crippen LogP) is 5.17. The van der Waals surface area contributed by atoms with Crippen molar-refractivity contribution in [2.75, 3.05) is 5.32 Å². The van der Waals surface area contributed by atoms with Gasteiger partial charge in [0.1, 0.15) is 0 Å². The molecule has 1 saturated carbocycles. The number of hydrogen-bond donors (Lipinski definition) is 2. The van der Waals surface area contributed by atoms with Crippen LogP contribution in [0, 0.1) is 23.2 Å². The lowest BCUT2D eigenvalue weighted by molar-refractivity contribution is -0.137. The molecule has 2 N–H and O–H groups in total. The van der Waals surface area contributed by atoms with Crippen LogP contribution < -0.4 is 5.32 Å². The minimum Gasteiger partial charge on any atom is -0.369 e. The summed E-state index contributed by atoms with van der Waals surface area (Å²) in [6, 6.07) is 13.9. The maximum Gasteiger partial charge on any atom is 0.417 e. The fraction of sp³-hybridized carbons (Fsp3) is 0.360. The second-order valence-corrected chi connectivity index (χ2v) is 8.06. The molecule has 2 aromatic rings. The van der Waals surface area contributed by atoms with Crippen molar-refractivity contribution < 1.29 is 23.1 Å². The number of carbonyl (C=O) groups is 1. The number of benzene rings is 2. The van der Waals surface area contributed by atoms with Gasteiger partial charge < -0.3 is 10.4 Å². The highest BCUT2D eigenvalue weighted by atomic mass is 19.4. The standard InChI is InChI=1S/C25H23F3N2O2/c1-2-3-7-12-24(32,17-23(13-14-23)19-8-5-4-6-9-19)22(31)30-20-11-10-18(16-29)21(15-20)25(26,27)28/h4-6,8-11,15,32H,2-3,13-14,17H2,1H3,(H,30,31). The lowest BCUT2D eigenvalue weighted by atomic mass is 9.82. The van der Waals surface area contributed by atoms with Crippen molar-refractivity contribution in [3.05, 3.63) is 65.2 Å². The van der Waals surface area contributed by atoms with Crippen molar-refractivity contribution in [2.24, 2.45) is 0 Å². The Balaban J connectivity index is 1.91. The third kappa shape index (κ3) is 5.12. The molecule has 1 unspecified atom stereocenters. The summed E-state index contributed by atoms with van der Waals surface area (Å²) in [6.45, 7) is 1.91. The van der Waals surface area contributed by atoms with Gasteiger partial charge in [0.25, 0.3) is 5.91 Å². The highest BCUT2D eigenvalue weighted by Crippen LogP contribution is 2.53. The fourth-order valence-corrected chi connectivity index (χ4v) is 3.70. The fourth-order valence-electron chi connectivity index (χ4n) is 3.70. The van der Waals surface area contributed by atoms with Crippen LogP contribution in [0.1, 0.15) is 55.7 Å². The van der Waals surface area contributed by atoms with Gasteiger partial charge in [-0.25, -0.2) is 0 Å². The number of rotatable bonds is 6. The van der Waals surface area contributed by atoms with E-state index in [2.05, 4.69) is 17.2 Å². The summed E-state index contributed by atoms with van der Waals surface area (Å²) in [5.41, 5.74) is -3.36. The number of unbranched alkanes of at least 4 members (excludes halogenated alkanes) is 1. The molecule has 0 heterocycles. The lowest BCUT2D eigenvalue weighted by Gasteiger charge is -2.27. The zero-order valence-electron chi connectivity index (χ0n) is 17.6. The molecule has 1 atom stereocenters. The van der Waals surface area contributed by atoms with Gasteiger partial charge in [0.2, 0.25) is 5.60 Å². The van der Waals surface area contributed by atoms with Crippen LogP contribution in [-0.2, 0) is 16.4 Å². The quantitative estimate of drug-likeness (QED) is 0.609. The van der Waals surface area contributed by atoms with Gasteiger partial charge in [0.05, 0.1) is 17.2 Å². The molecule has 0 saturated heterocycles. The molecule has 2 aromatic carbocycles. The molecule has 0 aromatic heterocycles. The average Bonchev–Trinajstić information content (AvgIpc) is 3.54. The van der Waals surface area contributed by atoms with Crippen LogP contribution in [0.15, 0.2) is 48.5 Å². The third-order valence-corrected chi connectivity index (χ3v) is 5.58. The SMILES string of the molecule is CCCC#CC(O)(CC1(c2ccccc2)CC1)C(=O)Nc1ccc(C#N)c(C(F)(F)F)c1. The van der Waals surface area contributed by atoms with E-state index < -0.39 is 34.2 Å². The van der Waals surface area contributed by atoms with Crippen LogP contribution >= 0.6 is 0 Å². The number of hydrogen-bond acceptors (Lipinski definition) is 3. The van der Waals surface area contributed by atoms with Crippen LogP contribution in [0.2, 0.25) is 0 Å². The van der Waals surface area contributed by atoms with Crippen molar-refractivity contribution in [3.63, 3.8) is 0 Å². The molecule has 3 rings (SSSR count). The Morgan fingerprint density at radius 2 is 1.88 bits per heavy atom. The van der Waals surface area contributed by atoms with E-state index in [0.717, 1.165) is 30.9 Å². The Morgan fingerprint density at radius 1 is 1.19 bits per heavy atom. The number of anilines is 1. The Bertz CT molecular complexity index is 1090. The molecule has 1 fully saturated rings. The predicted molar refractivity (Wildman–Crippen MR) is 114 cm³/mol. The summed E-state index contributed by atoms with van der Waals surface area (Å²) in [4.78, 5) is 13.1. The Hall–Kier alpha value is -3.29. The van der Waals surface area contributed by atoms with Gasteiger partial charge in [0.15, 0.2) is 0 Å². The maximum atomic E-state index is 13.3. The van der Waals surface area contributed by atoms with Gasteiger partial charge in [-0.15, -0.1) is 0 Å². The zero-order valence-corrected chi connectivity index (χ0v) is 17.6. The first kappa shape index (κ1) is 23.4. The molecule has 7 heteroatoms. The van der Waals surface area contributed by atoms with Gasteiger partial charge in [-0.3, -0.25) is 4.79 Å². The Morgan fingerprint density at radius 3 is 2.44 bits per heavy atom. The van der Waals surface area contributed by atoms with Crippen LogP contribution in [0.5, 0.6) is 0 Å². The smallest absolute Gasteiger partial charge is 0.369 e. The number of alkyl halides is 3. The highest BCUT2D eigenvalue weighted by Gasteiger charge is 2.52.